The van der Waals surface area contributed by atoms with E-state index in [4.69, 9.17) is 0 Å². The third-order valence-electron chi connectivity index (χ3n) is 3.61. The van der Waals surface area contributed by atoms with Crippen molar-refractivity contribution < 1.29 is 0 Å². The van der Waals surface area contributed by atoms with Crippen LogP contribution in [0.1, 0.15) is 31.6 Å². The third kappa shape index (κ3) is 4.34. The molecule has 0 bridgehead atoms. The smallest absolute Gasteiger partial charge is 0.0701 e. The Hall–Kier alpha value is 0.1000. The van der Waals surface area contributed by atoms with Gasteiger partial charge in [-0.05, 0) is 73.8 Å². The van der Waals surface area contributed by atoms with E-state index in [9.17, 15) is 0 Å². The van der Waals surface area contributed by atoms with Crippen molar-refractivity contribution in [1.29, 1.82) is 0 Å². The Bertz CT molecular complexity index is 358. The van der Waals surface area contributed by atoms with Crippen LogP contribution in [0.5, 0.6) is 0 Å². The van der Waals surface area contributed by atoms with Gasteiger partial charge in [0.05, 0.1) is 3.79 Å². The van der Waals surface area contributed by atoms with E-state index in [1.54, 1.807) is 0 Å². The molecule has 1 saturated heterocycles. The predicted octanol–water partition coefficient (Wildman–Crippen LogP) is 3.72. The maximum atomic E-state index is 3.55. The van der Waals surface area contributed by atoms with E-state index in [0.717, 1.165) is 12.5 Å². The molecule has 18 heavy (non-hydrogen) atoms. The summed E-state index contributed by atoms with van der Waals surface area (Å²) in [6, 6.07) is 5.01. The van der Waals surface area contributed by atoms with Crippen LogP contribution in [0.25, 0.3) is 0 Å². The zero-order chi connectivity index (χ0) is 13.0. The Balaban J connectivity index is 1.90. The van der Waals surface area contributed by atoms with E-state index in [-0.39, 0.29) is 0 Å². The lowest BCUT2D eigenvalue weighted by molar-refractivity contribution is 0.165. The molecule has 102 valence electrons. The average Bonchev–Trinajstić information content (AvgIpc) is 2.75. The molecule has 0 amide bonds. The van der Waals surface area contributed by atoms with Crippen molar-refractivity contribution in [3.63, 3.8) is 0 Å². The number of halogens is 1. The highest BCUT2D eigenvalue weighted by Crippen LogP contribution is 2.24. The normalized spacial score (nSPS) is 20.8. The Morgan fingerprint density at radius 3 is 2.89 bits per heavy atom. The Labute approximate surface area is 123 Å². The molecule has 2 nitrogen and oxygen atoms in total. The van der Waals surface area contributed by atoms with E-state index in [1.807, 2.05) is 11.3 Å². The third-order valence-corrected chi connectivity index (χ3v) is 5.22. The van der Waals surface area contributed by atoms with Gasteiger partial charge in [0.1, 0.15) is 0 Å². The second-order valence-electron chi connectivity index (χ2n) is 5.44. The molecule has 1 fully saturated rings. The minimum atomic E-state index is 0.618. The van der Waals surface area contributed by atoms with Crippen LogP contribution in [0.15, 0.2) is 15.9 Å². The van der Waals surface area contributed by atoms with Crippen LogP contribution < -0.4 is 5.32 Å². The van der Waals surface area contributed by atoms with Crippen LogP contribution in [0.2, 0.25) is 0 Å². The minimum absolute atomic E-state index is 0.618. The van der Waals surface area contributed by atoms with Crippen LogP contribution in [-0.2, 0) is 6.54 Å². The summed E-state index contributed by atoms with van der Waals surface area (Å²) in [5.74, 6) is 0.824. The SMILES string of the molecule is CC(C)N(Cc1ccc(Br)s1)CC1CCCNC1. The van der Waals surface area contributed by atoms with Crippen LogP contribution >= 0.6 is 27.3 Å². The van der Waals surface area contributed by atoms with Gasteiger partial charge < -0.3 is 5.32 Å². The van der Waals surface area contributed by atoms with E-state index >= 15 is 0 Å². The number of nitrogens with zero attached hydrogens (tertiary/aromatic N) is 1. The first-order chi connectivity index (χ1) is 8.65. The molecule has 1 aromatic heterocycles. The summed E-state index contributed by atoms with van der Waals surface area (Å²) < 4.78 is 1.24. The van der Waals surface area contributed by atoms with Gasteiger partial charge in [-0.3, -0.25) is 4.90 Å². The van der Waals surface area contributed by atoms with Gasteiger partial charge in [-0.1, -0.05) is 0 Å². The van der Waals surface area contributed by atoms with Crippen molar-refractivity contribution in [2.45, 2.75) is 39.3 Å². The molecule has 1 aromatic rings. The number of nitrogens with one attached hydrogen (secondary N) is 1. The molecule has 1 aliphatic rings. The molecular weight excluding hydrogens is 308 g/mol. The van der Waals surface area contributed by atoms with Crippen molar-refractivity contribution in [3.05, 3.63) is 20.8 Å². The minimum Gasteiger partial charge on any atom is -0.316 e. The Morgan fingerprint density at radius 2 is 2.33 bits per heavy atom. The van der Waals surface area contributed by atoms with Crippen molar-refractivity contribution in [2.75, 3.05) is 19.6 Å². The zero-order valence-electron chi connectivity index (χ0n) is 11.3. The molecule has 0 radical (unpaired) electrons. The molecule has 1 unspecified atom stereocenters. The second-order valence-corrected chi connectivity index (χ2v) is 7.99. The fourth-order valence-corrected chi connectivity index (χ4v) is 4.02. The molecule has 0 saturated carbocycles. The lowest BCUT2D eigenvalue weighted by Crippen LogP contribution is -2.40. The molecule has 0 spiro atoms. The van der Waals surface area contributed by atoms with Gasteiger partial charge >= 0.3 is 0 Å². The first-order valence-electron chi connectivity index (χ1n) is 6.84. The molecule has 1 aliphatic heterocycles. The number of hydrogen-bond acceptors (Lipinski definition) is 3. The highest BCUT2D eigenvalue weighted by Gasteiger charge is 2.19. The summed E-state index contributed by atoms with van der Waals surface area (Å²) in [4.78, 5) is 4.06. The van der Waals surface area contributed by atoms with Gasteiger partial charge in [-0.15, -0.1) is 11.3 Å². The lowest BCUT2D eigenvalue weighted by Gasteiger charge is -2.32. The van der Waals surface area contributed by atoms with Crippen LogP contribution in [0.3, 0.4) is 0 Å². The molecule has 0 aromatic carbocycles. The summed E-state index contributed by atoms with van der Waals surface area (Å²) in [6.07, 6.45) is 2.71. The number of hydrogen-bond donors (Lipinski definition) is 1. The summed E-state index contributed by atoms with van der Waals surface area (Å²) >= 11 is 5.40. The molecule has 2 rings (SSSR count). The van der Waals surface area contributed by atoms with E-state index < -0.39 is 0 Å². The largest absolute Gasteiger partial charge is 0.316 e. The molecular formula is C14H23BrN2S. The highest BCUT2D eigenvalue weighted by atomic mass is 79.9. The number of piperidine rings is 1. The van der Waals surface area contributed by atoms with Gasteiger partial charge in [0.25, 0.3) is 0 Å². The van der Waals surface area contributed by atoms with Crippen LogP contribution in [0.4, 0.5) is 0 Å². The topological polar surface area (TPSA) is 15.3 Å². The lowest BCUT2D eigenvalue weighted by atomic mass is 9.98. The maximum Gasteiger partial charge on any atom is 0.0701 e. The summed E-state index contributed by atoms with van der Waals surface area (Å²) in [5.41, 5.74) is 0. The summed E-state index contributed by atoms with van der Waals surface area (Å²) in [6.45, 7) is 9.32. The average molecular weight is 331 g/mol. The predicted molar refractivity (Wildman–Crippen MR) is 83.2 cm³/mol. The standard InChI is InChI=1S/C14H23BrN2S/c1-11(2)17(9-12-4-3-7-16-8-12)10-13-5-6-14(15)18-13/h5-6,11-12,16H,3-4,7-10H2,1-2H3. The van der Waals surface area contributed by atoms with E-state index in [0.29, 0.717) is 6.04 Å². The number of thiophene rings is 1. The second kappa shape index (κ2) is 7.04. The van der Waals surface area contributed by atoms with Crippen molar-refractivity contribution in [1.82, 2.24) is 10.2 Å². The molecule has 0 aliphatic carbocycles. The monoisotopic (exact) mass is 330 g/mol. The van der Waals surface area contributed by atoms with Crippen molar-refractivity contribution >= 4 is 27.3 Å². The van der Waals surface area contributed by atoms with E-state index in [2.05, 4.69) is 52.1 Å². The fraction of sp³-hybridized carbons (Fsp3) is 0.714. The van der Waals surface area contributed by atoms with Crippen molar-refractivity contribution in [2.24, 2.45) is 5.92 Å². The van der Waals surface area contributed by atoms with Gasteiger partial charge in [-0.2, -0.15) is 0 Å². The van der Waals surface area contributed by atoms with Crippen molar-refractivity contribution in [3.8, 4) is 0 Å². The summed E-state index contributed by atoms with van der Waals surface area (Å²) in [5, 5.41) is 3.52. The van der Waals surface area contributed by atoms with Gasteiger partial charge in [0, 0.05) is 24.0 Å². The zero-order valence-corrected chi connectivity index (χ0v) is 13.7. The van der Waals surface area contributed by atoms with Gasteiger partial charge in [-0.25, -0.2) is 0 Å². The summed E-state index contributed by atoms with van der Waals surface area (Å²) in [7, 11) is 0. The molecule has 1 N–H and O–H groups in total. The van der Waals surface area contributed by atoms with Gasteiger partial charge in [0.2, 0.25) is 0 Å². The first kappa shape index (κ1) is 14.5. The first-order valence-corrected chi connectivity index (χ1v) is 8.45. The Morgan fingerprint density at radius 1 is 1.50 bits per heavy atom. The fourth-order valence-electron chi connectivity index (χ4n) is 2.51. The van der Waals surface area contributed by atoms with Gasteiger partial charge in [0.15, 0.2) is 0 Å². The molecule has 2 heterocycles. The number of rotatable bonds is 5. The maximum absolute atomic E-state index is 3.55. The molecule has 4 heteroatoms. The quantitative estimate of drug-likeness (QED) is 0.885. The van der Waals surface area contributed by atoms with Crippen LogP contribution in [0, 0.1) is 5.92 Å². The highest BCUT2D eigenvalue weighted by molar-refractivity contribution is 9.11. The Kier molecular flexibility index (Phi) is 5.67. The van der Waals surface area contributed by atoms with E-state index in [1.165, 1.54) is 41.1 Å². The van der Waals surface area contributed by atoms with Crippen LogP contribution in [-0.4, -0.2) is 30.6 Å². The molecule has 1 atom stereocenters.